The quantitative estimate of drug-likeness (QED) is 0.742. The number of rotatable bonds is 0. The van der Waals surface area contributed by atoms with Gasteiger partial charge in [0, 0.05) is 6.20 Å². The fraction of sp³-hybridized carbons (Fsp3) is 0.222. The van der Waals surface area contributed by atoms with Gasteiger partial charge in [0.05, 0.1) is 16.3 Å². The first kappa shape index (κ1) is 10.2. The van der Waals surface area contributed by atoms with E-state index in [-0.39, 0.29) is 0 Å². The standard InChI is InChI=1S/C9H7F3N2S/c1-5-14-7-3-2-6(9(10,11)12)4-13-8(7)15-5/h2-4,13H,1H3. The summed E-state index contributed by atoms with van der Waals surface area (Å²) < 4.78 is 37.1. The highest BCUT2D eigenvalue weighted by molar-refractivity contribution is 7.15. The molecular formula is C9H7F3N2S. The smallest absolute Gasteiger partial charge is 0.351 e. The molecule has 15 heavy (non-hydrogen) atoms. The second kappa shape index (κ2) is 3.37. The summed E-state index contributed by atoms with van der Waals surface area (Å²) in [7, 11) is 0. The summed E-state index contributed by atoms with van der Waals surface area (Å²) in [5.41, 5.74) is -0.154. The van der Waals surface area contributed by atoms with E-state index in [4.69, 9.17) is 0 Å². The van der Waals surface area contributed by atoms with E-state index in [0.29, 0.717) is 10.7 Å². The Kier molecular flexibility index (Phi) is 2.30. The van der Waals surface area contributed by atoms with Gasteiger partial charge >= 0.3 is 6.18 Å². The number of hydrogen-bond donors (Lipinski definition) is 1. The molecule has 0 saturated heterocycles. The second-order valence-corrected chi connectivity index (χ2v) is 4.23. The summed E-state index contributed by atoms with van der Waals surface area (Å²) in [5.74, 6) is 0. The van der Waals surface area contributed by atoms with E-state index in [1.807, 2.05) is 6.92 Å². The van der Waals surface area contributed by atoms with Gasteiger partial charge in [-0.25, -0.2) is 4.98 Å². The fourth-order valence-corrected chi connectivity index (χ4v) is 1.97. The average molecular weight is 232 g/mol. The predicted molar refractivity (Wildman–Crippen MR) is 53.6 cm³/mol. The summed E-state index contributed by atoms with van der Waals surface area (Å²) in [6.45, 7) is 1.81. The Morgan fingerprint density at radius 1 is 1.33 bits per heavy atom. The van der Waals surface area contributed by atoms with E-state index in [1.165, 1.54) is 17.4 Å². The number of aromatic nitrogens is 1. The molecule has 0 saturated carbocycles. The monoisotopic (exact) mass is 232 g/mol. The number of aryl methyl sites for hydroxylation is 1. The number of halogens is 3. The lowest BCUT2D eigenvalue weighted by Crippen LogP contribution is -2.10. The first-order chi connectivity index (χ1) is 6.97. The Bertz CT molecular complexity index is 443. The third-order valence-corrected chi connectivity index (χ3v) is 2.78. The second-order valence-electron chi connectivity index (χ2n) is 3.02. The van der Waals surface area contributed by atoms with E-state index >= 15 is 0 Å². The van der Waals surface area contributed by atoms with Gasteiger partial charge in [-0.15, -0.1) is 11.3 Å². The van der Waals surface area contributed by atoms with Crippen molar-refractivity contribution in [2.75, 3.05) is 5.32 Å². The molecule has 0 amide bonds. The van der Waals surface area contributed by atoms with Crippen LogP contribution < -0.4 is 5.32 Å². The maximum atomic E-state index is 12.4. The molecule has 0 bridgehead atoms. The Labute approximate surface area is 88.1 Å². The molecule has 1 aliphatic rings. The Balaban J connectivity index is 2.35. The molecule has 80 valence electrons. The summed E-state index contributed by atoms with van der Waals surface area (Å²) in [6.07, 6.45) is -0.969. The molecule has 2 nitrogen and oxygen atoms in total. The summed E-state index contributed by atoms with van der Waals surface area (Å²) in [6, 6.07) is 0. The van der Waals surface area contributed by atoms with Crippen LogP contribution in [-0.4, -0.2) is 11.2 Å². The van der Waals surface area contributed by atoms with Crippen LogP contribution in [0.1, 0.15) is 10.7 Å². The van der Waals surface area contributed by atoms with Crippen molar-refractivity contribution in [1.29, 1.82) is 0 Å². The van der Waals surface area contributed by atoms with Crippen molar-refractivity contribution >= 4 is 22.4 Å². The molecule has 1 aromatic rings. The highest BCUT2D eigenvalue weighted by atomic mass is 32.1. The van der Waals surface area contributed by atoms with Crippen molar-refractivity contribution in [2.24, 2.45) is 0 Å². The van der Waals surface area contributed by atoms with Crippen LogP contribution in [0.2, 0.25) is 0 Å². The SMILES string of the molecule is Cc1nc2c(s1)NC=C(C(F)(F)F)C=C2. The van der Waals surface area contributed by atoms with Gasteiger partial charge in [-0.2, -0.15) is 13.2 Å². The lowest BCUT2D eigenvalue weighted by Gasteiger charge is -2.05. The van der Waals surface area contributed by atoms with Crippen molar-refractivity contribution in [3.05, 3.63) is 28.6 Å². The number of alkyl halides is 3. The zero-order valence-electron chi connectivity index (χ0n) is 7.72. The Morgan fingerprint density at radius 2 is 2.07 bits per heavy atom. The van der Waals surface area contributed by atoms with Crippen molar-refractivity contribution in [1.82, 2.24) is 4.98 Å². The summed E-state index contributed by atoms with van der Waals surface area (Å²) in [5, 5.41) is 4.08. The van der Waals surface area contributed by atoms with Crippen LogP contribution in [0.25, 0.3) is 6.08 Å². The summed E-state index contributed by atoms with van der Waals surface area (Å²) in [4.78, 5) is 4.10. The third kappa shape index (κ3) is 2.04. The molecule has 0 atom stereocenters. The maximum Gasteiger partial charge on any atom is 0.417 e. The van der Waals surface area contributed by atoms with Crippen molar-refractivity contribution in [3.63, 3.8) is 0 Å². The van der Waals surface area contributed by atoms with Crippen LogP contribution in [0.4, 0.5) is 18.2 Å². The Hall–Kier alpha value is -1.30. The first-order valence-corrected chi connectivity index (χ1v) is 4.98. The molecule has 6 heteroatoms. The van der Waals surface area contributed by atoms with Crippen molar-refractivity contribution < 1.29 is 13.2 Å². The van der Waals surface area contributed by atoms with Gasteiger partial charge in [0.15, 0.2) is 0 Å². The van der Waals surface area contributed by atoms with Crippen LogP contribution in [0.3, 0.4) is 0 Å². The molecule has 0 unspecified atom stereocenters. The molecule has 2 rings (SSSR count). The minimum Gasteiger partial charge on any atom is -0.351 e. The van der Waals surface area contributed by atoms with Crippen LogP contribution in [0.15, 0.2) is 17.8 Å². The van der Waals surface area contributed by atoms with Gasteiger partial charge in [0.2, 0.25) is 0 Å². The van der Waals surface area contributed by atoms with Crippen LogP contribution in [0, 0.1) is 6.92 Å². The lowest BCUT2D eigenvalue weighted by atomic mass is 10.2. The maximum absolute atomic E-state index is 12.4. The van der Waals surface area contributed by atoms with E-state index in [9.17, 15) is 13.2 Å². The van der Waals surface area contributed by atoms with Crippen LogP contribution in [-0.2, 0) is 0 Å². The van der Waals surface area contributed by atoms with E-state index in [2.05, 4.69) is 10.3 Å². The average Bonchev–Trinajstić information content (AvgIpc) is 2.32. The highest BCUT2D eigenvalue weighted by Gasteiger charge is 2.32. The van der Waals surface area contributed by atoms with Crippen LogP contribution in [0.5, 0.6) is 0 Å². The molecule has 0 aromatic carbocycles. The minimum atomic E-state index is -4.33. The topological polar surface area (TPSA) is 24.9 Å². The minimum absolute atomic E-state index is 0.549. The first-order valence-electron chi connectivity index (χ1n) is 4.16. The normalized spacial score (nSPS) is 15.3. The van der Waals surface area contributed by atoms with Gasteiger partial charge in [-0.1, -0.05) is 0 Å². The highest BCUT2D eigenvalue weighted by Crippen LogP contribution is 2.32. The number of nitrogens with one attached hydrogen (secondary N) is 1. The molecule has 0 fully saturated rings. The number of anilines is 1. The number of fused-ring (bicyclic) bond motifs is 1. The van der Waals surface area contributed by atoms with Gasteiger partial charge in [0.25, 0.3) is 0 Å². The van der Waals surface area contributed by atoms with E-state index in [0.717, 1.165) is 17.3 Å². The molecule has 1 aliphatic heterocycles. The molecule has 0 spiro atoms. The summed E-state index contributed by atoms with van der Waals surface area (Å²) >= 11 is 1.33. The van der Waals surface area contributed by atoms with Gasteiger partial charge in [-0.3, -0.25) is 0 Å². The molecule has 2 heterocycles. The zero-order valence-corrected chi connectivity index (χ0v) is 8.54. The lowest BCUT2D eigenvalue weighted by molar-refractivity contribution is -0.0881. The number of hydrogen-bond acceptors (Lipinski definition) is 3. The Morgan fingerprint density at radius 3 is 2.73 bits per heavy atom. The molecule has 0 aliphatic carbocycles. The molecule has 1 N–H and O–H groups in total. The number of nitrogens with zero attached hydrogens (tertiary/aromatic N) is 1. The van der Waals surface area contributed by atoms with Crippen molar-refractivity contribution in [3.8, 4) is 0 Å². The number of allylic oxidation sites excluding steroid dienone is 2. The fourth-order valence-electron chi connectivity index (χ4n) is 1.20. The molecule has 0 radical (unpaired) electrons. The predicted octanol–water partition coefficient (Wildman–Crippen LogP) is 3.34. The largest absolute Gasteiger partial charge is 0.417 e. The third-order valence-electron chi connectivity index (χ3n) is 1.87. The van der Waals surface area contributed by atoms with Gasteiger partial charge in [0.1, 0.15) is 5.00 Å². The zero-order chi connectivity index (χ0) is 11.1. The number of thiazole rings is 1. The van der Waals surface area contributed by atoms with E-state index in [1.54, 1.807) is 0 Å². The van der Waals surface area contributed by atoms with Gasteiger partial charge < -0.3 is 5.32 Å². The van der Waals surface area contributed by atoms with Crippen LogP contribution >= 0.6 is 11.3 Å². The van der Waals surface area contributed by atoms with E-state index < -0.39 is 11.7 Å². The van der Waals surface area contributed by atoms with Gasteiger partial charge in [-0.05, 0) is 19.1 Å². The van der Waals surface area contributed by atoms with Crippen molar-refractivity contribution in [2.45, 2.75) is 13.1 Å². The molecular weight excluding hydrogens is 225 g/mol. The molecule has 1 aromatic heterocycles.